The minimum absolute atomic E-state index is 0.406. The molecule has 1 aliphatic rings. The quantitative estimate of drug-likeness (QED) is 0.844. The second kappa shape index (κ2) is 5.69. The van der Waals surface area contributed by atoms with Crippen LogP contribution in [0.2, 0.25) is 0 Å². The maximum atomic E-state index is 11.8. The third-order valence-corrected chi connectivity index (χ3v) is 4.60. The van der Waals surface area contributed by atoms with Gasteiger partial charge in [-0.15, -0.1) is 0 Å². The standard InChI is InChI=1S/C12H16BrNO3S/c1-18(15,16)12-8-11(13)3-2-10(12)9-14-4-6-17-7-5-14/h2-3,8H,4-7,9H2,1H3. The van der Waals surface area contributed by atoms with E-state index in [-0.39, 0.29) is 0 Å². The third-order valence-electron chi connectivity index (χ3n) is 2.93. The van der Waals surface area contributed by atoms with Crippen molar-refractivity contribution in [2.75, 3.05) is 32.6 Å². The van der Waals surface area contributed by atoms with Gasteiger partial charge in [0.05, 0.1) is 18.1 Å². The van der Waals surface area contributed by atoms with Gasteiger partial charge in [-0.05, 0) is 17.7 Å². The van der Waals surface area contributed by atoms with Gasteiger partial charge < -0.3 is 4.74 Å². The second-order valence-electron chi connectivity index (χ2n) is 4.41. The summed E-state index contributed by atoms with van der Waals surface area (Å²) >= 11 is 3.32. The van der Waals surface area contributed by atoms with Gasteiger partial charge in [0.25, 0.3) is 0 Å². The third kappa shape index (κ3) is 3.54. The Morgan fingerprint density at radius 2 is 2.00 bits per heavy atom. The summed E-state index contributed by atoms with van der Waals surface area (Å²) in [4.78, 5) is 2.62. The Morgan fingerprint density at radius 3 is 2.61 bits per heavy atom. The predicted octanol–water partition coefficient (Wildman–Crippen LogP) is 1.68. The molecule has 1 heterocycles. The molecular weight excluding hydrogens is 318 g/mol. The summed E-state index contributed by atoms with van der Waals surface area (Å²) in [5.74, 6) is 0. The molecular formula is C12H16BrNO3S. The zero-order chi connectivity index (χ0) is 13.2. The molecule has 0 aromatic heterocycles. The first-order valence-electron chi connectivity index (χ1n) is 5.75. The number of morpholine rings is 1. The van der Waals surface area contributed by atoms with Crippen LogP contribution in [-0.4, -0.2) is 45.9 Å². The van der Waals surface area contributed by atoms with Crippen molar-refractivity contribution < 1.29 is 13.2 Å². The Labute approximate surface area is 116 Å². The molecule has 0 N–H and O–H groups in total. The zero-order valence-electron chi connectivity index (χ0n) is 10.2. The van der Waals surface area contributed by atoms with Crippen molar-refractivity contribution in [2.24, 2.45) is 0 Å². The summed E-state index contributed by atoms with van der Waals surface area (Å²) in [6, 6.07) is 5.42. The van der Waals surface area contributed by atoms with Crippen molar-refractivity contribution in [3.63, 3.8) is 0 Å². The van der Waals surface area contributed by atoms with Crippen molar-refractivity contribution in [2.45, 2.75) is 11.4 Å². The van der Waals surface area contributed by atoms with E-state index in [0.29, 0.717) is 24.7 Å². The monoisotopic (exact) mass is 333 g/mol. The normalized spacial score (nSPS) is 17.9. The molecule has 4 nitrogen and oxygen atoms in total. The molecule has 0 saturated carbocycles. The maximum absolute atomic E-state index is 11.8. The van der Waals surface area contributed by atoms with E-state index in [4.69, 9.17) is 4.74 Å². The fourth-order valence-corrected chi connectivity index (χ4v) is 3.47. The van der Waals surface area contributed by atoms with E-state index in [1.54, 1.807) is 6.07 Å². The molecule has 0 bridgehead atoms. The Morgan fingerprint density at radius 1 is 1.33 bits per heavy atom. The van der Waals surface area contributed by atoms with Crippen LogP contribution in [0, 0.1) is 0 Å². The van der Waals surface area contributed by atoms with Gasteiger partial charge in [-0.1, -0.05) is 22.0 Å². The van der Waals surface area contributed by atoms with E-state index in [9.17, 15) is 8.42 Å². The maximum Gasteiger partial charge on any atom is 0.175 e. The topological polar surface area (TPSA) is 46.6 Å². The molecule has 1 aromatic carbocycles. The second-order valence-corrected chi connectivity index (χ2v) is 7.31. The Bertz CT molecular complexity index is 524. The molecule has 18 heavy (non-hydrogen) atoms. The van der Waals surface area contributed by atoms with Gasteiger partial charge in [0, 0.05) is 30.4 Å². The first-order chi connectivity index (χ1) is 8.47. The number of rotatable bonds is 3. The number of ether oxygens (including phenoxy) is 1. The molecule has 0 aliphatic carbocycles. The summed E-state index contributed by atoms with van der Waals surface area (Å²) in [6.45, 7) is 3.77. The van der Waals surface area contributed by atoms with E-state index in [0.717, 1.165) is 23.1 Å². The van der Waals surface area contributed by atoms with Gasteiger partial charge in [-0.2, -0.15) is 0 Å². The number of halogens is 1. The van der Waals surface area contributed by atoms with E-state index >= 15 is 0 Å². The lowest BCUT2D eigenvalue weighted by atomic mass is 10.2. The van der Waals surface area contributed by atoms with Crippen molar-refractivity contribution in [1.82, 2.24) is 4.90 Å². The number of hydrogen-bond donors (Lipinski definition) is 0. The summed E-state index contributed by atoms with van der Waals surface area (Å²) in [7, 11) is -3.19. The van der Waals surface area contributed by atoms with Gasteiger partial charge in [0.2, 0.25) is 0 Å². The van der Waals surface area contributed by atoms with Crippen LogP contribution in [0.3, 0.4) is 0 Å². The molecule has 1 aromatic rings. The van der Waals surface area contributed by atoms with Crippen LogP contribution in [0.25, 0.3) is 0 Å². The number of hydrogen-bond acceptors (Lipinski definition) is 4. The fraction of sp³-hybridized carbons (Fsp3) is 0.500. The van der Waals surface area contributed by atoms with Crippen LogP contribution < -0.4 is 0 Å². The van der Waals surface area contributed by atoms with Crippen LogP contribution in [0.1, 0.15) is 5.56 Å². The van der Waals surface area contributed by atoms with E-state index in [1.807, 2.05) is 12.1 Å². The first-order valence-corrected chi connectivity index (χ1v) is 8.44. The van der Waals surface area contributed by atoms with E-state index in [1.165, 1.54) is 6.26 Å². The van der Waals surface area contributed by atoms with E-state index < -0.39 is 9.84 Å². The Hall–Kier alpha value is -0.430. The highest BCUT2D eigenvalue weighted by Gasteiger charge is 2.17. The fourth-order valence-electron chi connectivity index (χ4n) is 2.00. The average molecular weight is 334 g/mol. The molecule has 100 valence electrons. The molecule has 2 rings (SSSR count). The van der Waals surface area contributed by atoms with Crippen LogP contribution in [0.4, 0.5) is 0 Å². The van der Waals surface area contributed by atoms with Crippen molar-refractivity contribution in [3.05, 3.63) is 28.2 Å². The highest BCUT2D eigenvalue weighted by molar-refractivity contribution is 9.10. The summed E-state index contributed by atoms with van der Waals surface area (Å²) in [6.07, 6.45) is 1.25. The van der Waals surface area contributed by atoms with Gasteiger partial charge in [0.15, 0.2) is 9.84 Å². The predicted molar refractivity (Wildman–Crippen MR) is 73.3 cm³/mol. The van der Waals surface area contributed by atoms with E-state index in [2.05, 4.69) is 20.8 Å². The molecule has 0 unspecified atom stereocenters. The lowest BCUT2D eigenvalue weighted by Gasteiger charge is -2.27. The van der Waals surface area contributed by atoms with Gasteiger partial charge >= 0.3 is 0 Å². The molecule has 1 fully saturated rings. The average Bonchev–Trinajstić information content (AvgIpc) is 2.31. The largest absolute Gasteiger partial charge is 0.379 e. The molecule has 0 atom stereocenters. The highest BCUT2D eigenvalue weighted by atomic mass is 79.9. The molecule has 0 spiro atoms. The number of benzene rings is 1. The van der Waals surface area contributed by atoms with Crippen molar-refractivity contribution in [3.8, 4) is 0 Å². The Kier molecular flexibility index (Phi) is 4.42. The van der Waals surface area contributed by atoms with Crippen LogP contribution >= 0.6 is 15.9 Å². The summed E-state index contributed by atoms with van der Waals surface area (Å²) in [5.41, 5.74) is 0.850. The summed E-state index contributed by atoms with van der Waals surface area (Å²) < 4.78 is 29.6. The lowest BCUT2D eigenvalue weighted by molar-refractivity contribution is 0.0338. The Balaban J connectivity index is 2.26. The van der Waals surface area contributed by atoms with Gasteiger partial charge in [-0.25, -0.2) is 8.42 Å². The SMILES string of the molecule is CS(=O)(=O)c1cc(Br)ccc1CN1CCOCC1. The van der Waals surface area contributed by atoms with Gasteiger partial charge in [0.1, 0.15) is 0 Å². The number of sulfone groups is 1. The number of nitrogens with zero attached hydrogens (tertiary/aromatic N) is 1. The van der Waals surface area contributed by atoms with Crippen LogP contribution in [0.5, 0.6) is 0 Å². The van der Waals surface area contributed by atoms with Crippen molar-refractivity contribution >= 4 is 25.8 Å². The highest BCUT2D eigenvalue weighted by Crippen LogP contribution is 2.22. The van der Waals surface area contributed by atoms with Crippen LogP contribution in [-0.2, 0) is 21.1 Å². The lowest BCUT2D eigenvalue weighted by Crippen LogP contribution is -2.36. The smallest absolute Gasteiger partial charge is 0.175 e. The molecule has 0 amide bonds. The molecule has 1 aliphatic heterocycles. The van der Waals surface area contributed by atoms with Gasteiger partial charge in [-0.3, -0.25) is 4.90 Å². The molecule has 0 radical (unpaired) electrons. The van der Waals surface area contributed by atoms with Crippen LogP contribution in [0.15, 0.2) is 27.6 Å². The summed E-state index contributed by atoms with van der Waals surface area (Å²) in [5, 5.41) is 0. The van der Waals surface area contributed by atoms with Crippen molar-refractivity contribution in [1.29, 1.82) is 0 Å². The molecule has 1 saturated heterocycles. The zero-order valence-corrected chi connectivity index (χ0v) is 12.6. The molecule has 6 heteroatoms. The minimum Gasteiger partial charge on any atom is -0.379 e. The minimum atomic E-state index is -3.19. The first kappa shape index (κ1) is 14.0.